The highest BCUT2D eigenvalue weighted by Gasteiger charge is 2.10. The molecule has 0 aliphatic rings. The third-order valence-electron chi connectivity index (χ3n) is 3.15. The highest BCUT2D eigenvalue weighted by Crippen LogP contribution is 2.34. The predicted molar refractivity (Wildman–Crippen MR) is 107 cm³/mol. The Morgan fingerprint density at radius 2 is 1.76 bits per heavy atom. The number of aryl methyl sites for hydroxylation is 1. The molecule has 4 nitrogen and oxygen atoms in total. The van der Waals surface area contributed by atoms with Crippen LogP contribution >= 0.6 is 55.1 Å². The van der Waals surface area contributed by atoms with Gasteiger partial charge in [-0.2, -0.15) is 0 Å². The maximum atomic E-state index is 10.8. The summed E-state index contributed by atoms with van der Waals surface area (Å²) >= 11 is 18.2. The van der Waals surface area contributed by atoms with Crippen LogP contribution in [-0.2, 0) is 11.2 Å². The fraction of sp³-hybridized carbons (Fsp3) is 0.176. The number of carbonyl (C=O) groups excluding carboxylic acids is 1. The third-order valence-corrected chi connectivity index (χ3v) is 5.68. The second kappa shape index (κ2) is 8.54. The molecule has 8 heteroatoms. The fourth-order valence-corrected chi connectivity index (χ4v) is 3.05. The van der Waals surface area contributed by atoms with Crippen LogP contribution in [-0.4, -0.2) is 15.9 Å². The van der Waals surface area contributed by atoms with Crippen LogP contribution in [0.4, 0.5) is 0 Å². The van der Waals surface area contributed by atoms with Gasteiger partial charge in [0.25, 0.3) is 0 Å². The van der Waals surface area contributed by atoms with Crippen LogP contribution in [0.2, 0.25) is 10.0 Å². The Labute approximate surface area is 171 Å². The van der Waals surface area contributed by atoms with E-state index in [-0.39, 0.29) is 23.0 Å². The number of nitrogens with zero attached hydrogens (tertiary/aromatic N) is 1. The van der Waals surface area contributed by atoms with Crippen LogP contribution in [0.3, 0.4) is 0 Å². The molecule has 2 aromatic carbocycles. The van der Waals surface area contributed by atoms with Crippen molar-refractivity contribution in [3.63, 3.8) is 0 Å². The van der Waals surface area contributed by atoms with Gasteiger partial charge in [-0.25, -0.2) is 4.98 Å². The molecule has 3 aromatic rings. The van der Waals surface area contributed by atoms with E-state index in [0.717, 1.165) is 9.99 Å². The molecule has 0 fully saturated rings. The zero-order chi connectivity index (χ0) is 18.7. The normalized spacial score (nSPS) is 10.5. The van der Waals surface area contributed by atoms with Crippen molar-refractivity contribution in [1.82, 2.24) is 4.98 Å². The summed E-state index contributed by atoms with van der Waals surface area (Å²) < 4.78 is 6.76. The standard InChI is InChI=1S/C9H8BrClO2.C8H5BrClNO/c1-5(12)4-6-2-3-7(10)8(11)9(6)13;1-4-11-6-3-2-5(9)7(10)8(6)12-4/h2-3,13H,4H2,1H3;2-3H,1H3. The Morgan fingerprint density at radius 1 is 1.16 bits per heavy atom. The van der Waals surface area contributed by atoms with E-state index in [1.807, 2.05) is 12.1 Å². The third kappa shape index (κ3) is 4.97. The molecule has 0 saturated carbocycles. The maximum Gasteiger partial charge on any atom is 0.192 e. The Kier molecular flexibility index (Phi) is 6.91. The van der Waals surface area contributed by atoms with Gasteiger partial charge in [0, 0.05) is 27.9 Å². The van der Waals surface area contributed by atoms with Gasteiger partial charge in [0.05, 0.1) is 10.0 Å². The number of fused-ring (bicyclic) bond motifs is 1. The van der Waals surface area contributed by atoms with E-state index in [2.05, 4.69) is 36.8 Å². The quantitative estimate of drug-likeness (QED) is 0.429. The summed E-state index contributed by atoms with van der Waals surface area (Å²) in [5.41, 5.74) is 1.99. The van der Waals surface area contributed by atoms with Gasteiger partial charge in [0.15, 0.2) is 11.5 Å². The molecule has 0 bridgehead atoms. The van der Waals surface area contributed by atoms with E-state index >= 15 is 0 Å². The summed E-state index contributed by atoms with van der Waals surface area (Å²) in [6, 6.07) is 7.10. The number of ketones is 1. The molecule has 0 unspecified atom stereocenters. The number of benzene rings is 2. The molecule has 1 N–H and O–H groups in total. The van der Waals surface area contributed by atoms with Gasteiger partial charge in [-0.15, -0.1) is 0 Å². The lowest BCUT2D eigenvalue weighted by Gasteiger charge is -2.05. The summed E-state index contributed by atoms with van der Waals surface area (Å²) in [7, 11) is 0. The summed E-state index contributed by atoms with van der Waals surface area (Å²) in [6.07, 6.45) is 0.207. The Bertz CT molecular complexity index is 941. The smallest absolute Gasteiger partial charge is 0.192 e. The zero-order valence-electron chi connectivity index (χ0n) is 13.2. The van der Waals surface area contributed by atoms with E-state index in [9.17, 15) is 9.90 Å². The monoisotopic (exact) mass is 507 g/mol. The number of halogens is 4. The van der Waals surface area contributed by atoms with Gasteiger partial charge in [0.1, 0.15) is 17.0 Å². The molecule has 0 amide bonds. The second-order valence-corrected chi connectivity index (χ2v) is 7.65. The number of oxazole rings is 1. The molecule has 3 rings (SSSR count). The summed E-state index contributed by atoms with van der Waals surface area (Å²) in [5.74, 6) is 0.602. The molecule has 1 aromatic heterocycles. The Balaban J connectivity index is 0.000000181. The van der Waals surface area contributed by atoms with Crippen LogP contribution in [0.25, 0.3) is 11.1 Å². The summed E-state index contributed by atoms with van der Waals surface area (Å²) in [6.45, 7) is 3.26. The molecule has 0 aliphatic heterocycles. The van der Waals surface area contributed by atoms with Crippen LogP contribution in [0, 0.1) is 6.92 Å². The van der Waals surface area contributed by atoms with Crippen molar-refractivity contribution in [1.29, 1.82) is 0 Å². The van der Waals surface area contributed by atoms with E-state index in [1.165, 1.54) is 6.92 Å². The Morgan fingerprint density at radius 3 is 2.40 bits per heavy atom. The summed E-state index contributed by atoms with van der Waals surface area (Å²) in [5, 5.41) is 10.3. The number of aromatic hydroxyl groups is 1. The van der Waals surface area contributed by atoms with Crippen molar-refractivity contribution in [3.8, 4) is 5.75 Å². The zero-order valence-corrected chi connectivity index (χ0v) is 17.9. The molecule has 0 spiro atoms. The average Bonchev–Trinajstić information content (AvgIpc) is 2.93. The molecule has 0 radical (unpaired) electrons. The highest BCUT2D eigenvalue weighted by atomic mass is 79.9. The first-order valence-corrected chi connectivity index (χ1v) is 9.41. The first-order chi connectivity index (χ1) is 11.7. The fourth-order valence-electron chi connectivity index (χ4n) is 2.04. The van der Waals surface area contributed by atoms with Gasteiger partial charge in [0.2, 0.25) is 0 Å². The number of hydrogen-bond donors (Lipinski definition) is 1. The predicted octanol–water partition coefficient (Wildman–Crippen LogP) is 6.49. The maximum absolute atomic E-state index is 10.8. The first-order valence-electron chi connectivity index (χ1n) is 7.07. The van der Waals surface area contributed by atoms with E-state index in [4.69, 9.17) is 27.6 Å². The second-order valence-electron chi connectivity index (χ2n) is 5.19. The van der Waals surface area contributed by atoms with E-state index < -0.39 is 0 Å². The minimum atomic E-state index is -0.0220. The summed E-state index contributed by atoms with van der Waals surface area (Å²) in [4.78, 5) is 14.9. The number of phenolic OH excluding ortho intramolecular Hbond substituents is 1. The molecule has 1 heterocycles. The lowest BCUT2D eigenvalue weighted by molar-refractivity contribution is -0.116. The molecular weight excluding hydrogens is 497 g/mol. The van der Waals surface area contributed by atoms with Gasteiger partial charge >= 0.3 is 0 Å². The largest absolute Gasteiger partial charge is 0.506 e. The minimum Gasteiger partial charge on any atom is -0.506 e. The lowest BCUT2D eigenvalue weighted by Crippen LogP contribution is -1.96. The molecule has 132 valence electrons. The Hall–Kier alpha value is -1.08. The van der Waals surface area contributed by atoms with E-state index in [1.54, 1.807) is 19.1 Å². The van der Waals surface area contributed by atoms with Gasteiger partial charge in [-0.1, -0.05) is 29.3 Å². The van der Waals surface area contributed by atoms with Crippen LogP contribution < -0.4 is 0 Å². The van der Waals surface area contributed by atoms with Crippen LogP contribution in [0.1, 0.15) is 18.4 Å². The van der Waals surface area contributed by atoms with Gasteiger partial charge in [-0.3, -0.25) is 4.79 Å². The minimum absolute atomic E-state index is 0.00584. The molecule has 25 heavy (non-hydrogen) atoms. The van der Waals surface area contributed by atoms with E-state index in [0.29, 0.717) is 26.5 Å². The van der Waals surface area contributed by atoms with Gasteiger partial charge in [-0.05, 0) is 57.0 Å². The molecule has 0 atom stereocenters. The molecule has 0 aliphatic carbocycles. The van der Waals surface area contributed by atoms with Crippen LogP contribution in [0.5, 0.6) is 5.75 Å². The molecular formula is C17H13Br2Cl2NO3. The lowest BCUT2D eigenvalue weighted by atomic mass is 10.1. The van der Waals surface area contributed by atoms with Crippen molar-refractivity contribution < 1.29 is 14.3 Å². The first kappa shape index (κ1) is 20.2. The average molecular weight is 510 g/mol. The van der Waals surface area contributed by atoms with Gasteiger partial charge < -0.3 is 9.52 Å². The number of aromatic nitrogens is 1. The number of hydrogen-bond acceptors (Lipinski definition) is 4. The van der Waals surface area contributed by atoms with Crippen LogP contribution in [0.15, 0.2) is 37.6 Å². The van der Waals surface area contributed by atoms with Crippen molar-refractivity contribution >= 4 is 71.9 Å². The van der Waals surface area contributed by atoms with Crippen molar-refractivity contribution in [3.05, 3.63) is 54.7 Å². The van der Waals surface area contributed by atoms with Crippen molar-refractivity contribution in [2.24, 2.45) is 0 Å². The van der Waals surface area contributed by atoms with Crippen molar-refractivity contribution in [2.75, 3.05) is 0 Å². The highest BCUT2D eigenvalue weighted by molar-refractivity contribution is 9.10. The molecule has 0 saturated heterocycles. The number of rotatable bonds is 2. The number of Topliss-reactive ketones (excluding diaryl/α,β-unsaturated/α-hetero) is 1. The SMILES string of the molecule is CC(=O)Cc1ccc(Br)c(Cl)c1O.Cc1nc2ccc(Br)c(Cl)c2o1. The number of carbonyl (C=O) groups is 1. The number of phenols is 1. The van der Waals surface area contributed by atoms with Crippen molar-refractivity contribution in [2.45, 2.75) is 20.3 Å². The topological polar surface area (TPSA) is 63.3 Å².